The zero-order valence-corrected chi connectivity index (χ0v) is 18.4. The van der Waals surface area contributed by atoms with Crippen molar-refractivity contribution in [2.24, 2.45) is 0 Å². The van der Waals surface area contributed by atoms with Gasteiger partial charge in [0.2, 0.25) is 0 Å². The molecule has 0 radical (unpaired) electrons. The normalized spacial score (nSPS) is 17.1. The predicted molar refractivity (Wildman–Crippen MR) is 130 cm³/mol. The average molecular weight is 425 g/mol. The summed E-state index contributed by atoms with van der Waals surface area (Å²) in [4.78, 5) is 14.7. The summed E-state index contributed by atoms with van der Waals surface area (Å²) in [5, 5.41) is 8.27. The number of fused-ring (bicyclic) bond motifs is 3. The third kappa shape index (κ3) is 3.22. The number of piperidine rings is 1. The summed E-state index contributed by atoms with van der Waals surface area (Å²) < 4.78 is 0. The summed E-state index contributed by atoms with van der Waals surface area (Å²) in [7, 11) is 0. The molecule has 2 aromatic carbocycles. The monoisotopic (exact) mass is 424 g/mol. The Morgan fingerprint density at radius 2 is 1.88 bits per heavy atom. The first kappa shape index (κ1) is 19.3. The number of nitrogens with one attached hydrogen (secondary N) is 3. The van der Waals surface area contributed by atoms with Crippen molar-refractivity contribution >= 4 is 28.2 Å². The Balaban J connectivity index is 1.37. The van der Waals surface area contributed by atoms with Gasteiger partial charge in [0.25, 0.3) is 0 Å². The van der Waals surface area contributed by atoms with Crippen LogP contribution in [0.3, 0.4) is 0 Å². The maximum Gasteiger partial charge on any atom is 0.145 e. The minimum atomic E-state index is 0.149. The van der Waals surface area contributed by atoms with Gasteiger partial charge in [0, 0.05) is 36.1 Å². The highest BCUT2D eigenvalue weighted by Crippen LogP contribution is 2.50. The highest BCUT2D eigenvalue weighted by Gasteiger charge is 2.44. The Kier molecular flexibility index (Phi) is 4.61. The van der Waals surface area contributed by atoms with Crippen LogP contribution in [0.15, 0.2) is 61.1 Å². The number of aromatic nitrogens is 3. The molecule has 6 nitrogen and oxygen atoms in total. The zero-order chi connectivity index (χ0) is 21.5. The van der Waals surface area contributed by atoms with Crippen molar-refractivity contribution in [2.75, 3.05) is 29.9 Å². The van der Waals surface area contributed by atoms with E-state index in [2.05, 4.69) is 81.0 Å². The predicted octanol–water partition coefficient (Wildman–Crippen LogP) is 4.65. The second kappa shape index (κ2) is 7.64. The van der Waals surface area contributed by atoms with Crippen LogP contribution in [-0.4, -0.2) is 34.6 Å². The topological polar surface area (TPSA) is 68.9 Å². The summed E-state index contributed by atoms with van der Waals surface area (Å²) in [6, 6.07) is 17.7. The number of aromatic amines is 1. The molecule has 162 valence electrons. The van der Waals surface area contributed by atoms with Gasteiger partial charge >= 0.3 is 0 Å². The van der Waals surface area contributed by atoms with Gasteiger partial charge in [-0.15, -0.1) is 0 Å². The van der Waals surface area contributed by atoms with Crippen molar-refractivity contribution < 1.29 is 0 Å². The molecule has 1 saturated heterocycles. The Morgan fingerprint density at radius 3 is 2.72 bits per heavy atom. The first-order valence-corrected chi connectivity index (χ1v) is 11.4. The molecule has 1 fully saturated rings. The maximum absolute atomic E-state index is 4.71. The minimum Gasteiger partial charge on any atom is -0.381 e. The number of rotatable bonds is 4. The van der Waals surface area contributed by atoms with Crippen LogP contribution in [0.5, 0.6) is 0 Å². The highest BCUT2D eigenvalue weighted by molar-refractivity contribution is 5.91. The number of hydrogen-bond donors (Lipinski definition) is 3. The molecular formula is C26H28N6. The lowest BCUT2D eigenvalue weighted by Gasteiger charge is -2.35. The number of anilines is 3. The average Bonchev–Trinajstić information content (AvgIpc) is 3.43. The molecule has 32 heavy (non-hydrogen) atoms. The lowest BCUT2D eigenvalue weighted by molar-refractivity contribution is 0.329. The minimum absolute atomic E-state index is 0.149. The quantitative estimate of drug-likeness (QED) is 0.445. The molecule has 0 unspecified atom stereocenters. The van der Waals surface area contributed by atoms with Gasteiger partial charge < -0.3 is 20.5 Å². The van der Waals surface area contributed by atoms with Gasteiger partial charge in [-0.3, -0.25) is 0 Å². The molecule has 0 amide bonds. The van der Waals surface area contributed by atoms with Crippen molar-refractivity contribution in [1.29, 1.82) is 0 Å². The van der Waals surface area contributed by atoms with Crippen LogP contribution in [0.1, 0.15) is 29.5 Å². The van der Waals surface area contributed by atoms with E-state index in [1.54, 1.807) is 6.33 Å². The number of hydrogen-bond acceptors (Lipinski definition) is 5. The van der Waals surface area contributed by atoms with Gasteiger partial charge in [0.05, 0.1) is 5.39 Å². The Bertz CT molecular complexity index is 1250. The number of benzene rings is 2. The molecule has 3 N–H and O–H groups in total. The summed E-state index contributed by atoms with van der Waals surface area (Å²) in [6.07, 6.45) is 5.88. The van der Waals surface area contributed by atoms with Crippen molar-refractivity contribution in [3.63, 3.8) is 0 Å². The van der Waals surface area contributed by atoms with Gasteiger partial charge in [-0.2, -0.15) is 0 Å². The second-order valence-corrected chi connectivity index (χ2v) is 9.12. The second-order valence-electron chi connectivity index (χ2n) is 9.12. The van der Waals surface area contributed by atoms with Gasteiger partial charge in [-0.25, -0.2) is 9.97 Å². The number of nitrogens with zero attached hydrogens (tertiary/aromatic N) is 3. The third-order valence-corrected chi connectivity index (χ3v) is 7.09. The summed E-state index contributed by atoms with van der Waals surface area (Å²) in [6.45, 7) is 6.02. The number of H-pyrrole nitrogens is 1. The molecule has 2 aliphatic rings. The molecule has 0 aliphatic carbocycles. The van der Waals surface area contributed by atoms with E-state index in [1.165, 1.54) is 28.1 Å². The fourth-order valence-electron chi connectivity index (χ4n) is 5.28. The van der Waals surface area contributed by atoms with Gasteiger partial charge in [-0.1, -0.05) is 29.8 Å². The van der Waals surface area contributed by atoms with E-state index in [-0.39, 0.29) is 5.41 Å². The molecule has 0 atom stereocenters. The lowest BCUT2D eigenvalue weighted by Crippen LogP contribution is -2.42. The van der Waals surface area contributed by atoms with Gasteiger partial charge in [0.15, 0.2) is 0 Å². The molecule has 2 aliphatic heterocycles. The summed E-state index contributed by atoms with van der Waals surface area (Å²) in [5.74, 6) is 0.994. The van der Waals surface area contributed by atoms with Crippen LogP contribution in [0.2, 0.25) is 0 Å². The lowest BCUT2D eigenvalue weighted by atomic mass is 9.74. The standard InChI is InChI=1S/C26H28N6/c1-18-2-4-19(5-3-18)15-29-20-6-7-23-22(14-20)26(9-12-27-13-10-26)16-32(23)25-21-8-11-28-24(21)30-17-31-25/h2-8,11,14,17,27,29H,9-10,12-13,15-16H2,1H3,(H,28,30,31). The van der Waals surface area contributed by atoms with E-state index >= 15 is 0 Å². The molecule has 2 aromatic heterocycles. The van der Waals surface area contributed by atoms with Crippen molar-refractivity contribution in [2.45, 2.75) is 31.7 Å². The smallest absolute Gasteiger partial charge is 0.145 e. The summed E-state index contributed by atoms with van der Waals surface area (Å²) in [5.41, 5.74) is 7.52. The van der Waals surface area contributed by atoms with Crippen LogP contribution in [0.4, 0.5) is 17.2 Å². The van der Waals surface area contributed by atoms with Gasteiger partial charge in [-0.05, 0) is 68.2 Å². The van der Waals surface area contributed by atoms with Crippen LogP contribution in [0.25, 0.3) is 11.0 Å². The third-order valence-electron chi connectivity index (χ3n) is 7.09. The molecule has 0 saturated carbocycles. The maximum atomic E-state index is 4.71. The Morgan fingerprint density at radius 1 is 1.03 bits per heavy atom. The SMILES string of the molecule is Cc1ccc(CNc2ccc3c(c2)C2(CCNCC2)CN3c2ncnc3[nH]ccc23)cc1. The van der Waals surface area contributed by atoms with E-state index in [0.29, 0.717) is 0 Å². The first-order chi connectivity index (χ1) is 15.7. The van der Waals surface area contributed by atoms with E-state index in [0.717, 1.165) is 55.9 Å². The van der Waals surface area contributed by atoms with E-state index in [1.807, 2.05) is 6.20 Å². The van der Waals surface area contributed by atoms with Crippen molar-refractivity contribution in [3.8, 4) is 0 Å². The molecule has 4 heterocycles. The van der Waals surface area contributed by atoms with E-state index in [4.69, 9.17) is 4.98 Å². The van der Waals surface area contributed by atoms with Crippen LogP contribution in [-0.2, 0) is 12.0 Å². The Labute approximate surface area is 188 Å². The first-order valence-electron chi connectivity index (χ1n) is 11.4. The van der Waals surface area contributed by atoms with Crippen LogP contribution < -0.4 is 15.5 Å². The van der Waals surface area contributed by atoms with E-state index in [9.17, 15) is 0 Å². The van der Waals surface area contributed by atoms with Crippen molar-refractivity contribution in [1.82, 2.24) is 20.3 Å². The Hall–Kier alpha value is -3.38. The molecule has 4 aromatic rings. The fourth-order valence-corrected chi connectivity index (χ4v) is 5.28. The fraction of sp³-hybridized carbons (Fsp3) is 0.308. The van der Waals surface area contributed by atoms with Crippen LogP contribution in [0, 0.1) is 6.92 Å². The van der Waals surface area contributed by atoms with Gasteiger partial charge in [0.1, 0.15) is 17.8 Å². The van der Waals surface area contributed by atoms with Crippen LogP contribution >= 0.6 is 0 Å². The molecule has 6 rings (SSSR count). The largest absolute Gasteiger partial charge is 0.381 e. The number of aryl methyl sites for hydroxylation is 1. The highest BCUT2D eigenvalue weighted by atomic mass is 15.2. The molecule has 0 bridgehead atoms. The summed E-state index contributed by atoms with van der Waals surface area (Å²) >= 11 is 0. The zero-order valence-electron chi connectivity index (χ0n) is 18.4. The molecule has 6 heteroatoms. The van der Waals surface area contributed by atoms with Crippen molar-refractivity contribution in [3.05, 3.63) is 77.7 Å². The van der Waals surface area contributed by atoms with E-state index < -0.39 is 0 Å². The molecular weight excluding hydrogens is 396 g/mol. The molecule has 1 spiro atoms.